The Morgan fingerprint density at radius 3 is 2.71 bits per heavy atom. The van der Waals surface area contributed by atoms with Crippen molar-refractivity contribution in [3.8, 4) is 0 Å². The minimum atomic E-state index is 0. The SMILES string of the molecule is COCCNCCNC(=O)CC1(Cc2nc3ccccc3s2)CCCCC1.Cl. The Labute approximate surface area is 178 Å². The van der Waals surface area contributed by atoms with Crippen molar-refractivity contribution in [3.63, 3.8) is 0 Å². The number of hydrogen-bond acceptors (Lipinski definition) is 5. The van der Waals surface area contributed by atoms with E-state index in [2.05, 4.69) is 28.8 Å². The molecule has 1 amide bonds. The fraction of sp³-hybridized carbons (Fsp3) is 0.619. The van der Waals surface area contributed by atoms with Gasteiger partial charge in [-0.25, -0.2) is 4.98 Å². The highest BCUT2D eigenvalue weighted by Crippen LogP contribution is 2.43. The molecule has 0 bridgehead atoms. The number of carbonyl (C=O) groups excluding carboxylic acids is 1. The maximum absolute atomic E-state index is 12.6. The molecule has 156 valence electrons. The quantitative estimate of drug-likeness (QED) is 0.565. The molecule has 1 fully saturated rings. The Morgan fingerprint density at radius 2 is 1.96 bits per heavy atom. The number of thiazole rings is 1. The maximum Gasteiger partial charge on any atom is 0.220 e. The molecule has 1 aromatic heterocycles. The predicted octanol–water partition coefficient (Wildman–Crippen LogP) is 3.95. The normalized spacial score (nSPS) is 15.9. The van der Waals surface area contributed by atoms with Gasteiger partial charge in [-0.3, -0.25) is 4.79 Å². The van der Waals surface area contributed by atoms with Crippen LogP contribution in [0.2, 0.25) is 0 Å². The number of halogens is 1. The van der Waals surface area contributed by atoms with Crippen LogP contribution in [-0.2, 0) is 16.0 Å². The number of rotatable bonds is 10. The number of amides is 1. The molecule has 2 aromatic rings. The zero-order chi connectivity index (χ0) is 19.0. The number of nitrogens with zero attached hydrogens (tertiary/aromatic N) is 1. The van der Waals surface area contributed by atoms with Crippen LogP contribution in [0.3, 0.4) is 0 Å². The summed E-state index contributed by atoms with van der Waals surface area (Å²) < 4.78 is 6.25. The highest BCUT2D eigenvalue weighted by molar-refractivity contribution is 7.18. The average Bonchev–Trinajstić information content (AvgIpc) is 3.07. The first-order chi connectivity index (χ1) is 13.2. The molecular formula is C21H32ClN3O2S. The van der Waals surface area contributed by atoms with E-state index in [0.29, 0.717) is 19.6 Å². The number of fused-ring (bicyclic) bond motifs is 1. The molecule has 2 N–H and O–H groups in total. The van der Waals surface area contributed by atoms with Gasteiger partial charge in [0.25, 0.3) is 0 Å². The van der Waals surface area contributed by atoms with E-state index in [-0.39, 0.29) is 23.7 Å². The first-order valence-corrected chi connectivity index (χ1v) is 10.8. The van der Waals surface area contributed by atoms with Crippen LogP contribution in [0, 0.1) is 5.41 Å². The summed E-state index contributed by atoms with van der Waals surface area (Å²) in [5, 5.41) is 7.52. The third kappa shape index (κ3) is 6.69. The predicted molar refractivity (Wildman–Crippen MR) is 118 cm³/mol. The maximum atomic E-state index is 12.6. The molecule has 1 aliphatic rings. The van der Waals surface area contributed by atoms with E-state index in [0.717, 1.165) is 37.9 Å². The van der Waals surface area contributed by atoms with Crippen molar-refractivity contribution >= 4 is 39.9 Å². The largest absolute Gasteiger partial charge is 0.383 e. The van der Waals surface area contributed by atoms with Gasteiger partial charge in [0.05, 0.1) is 21.8 Å². The van der Waals surface area contributed by atoms with Gasteiger partial charge in [-0.05, 0) is 30.4 Å². The second kappa shape index (κ2) is 11.7. The van der Waals surface area contributed by atoms with E-state index in [4.69, 9.17) is 9.72 Å². The minimum Gasteiger partial charge on any atom is -0.383 e. The van der Waals surface area contributed by atoms with Gasteiger partial charge in [-0.1, -0.05) is 31.4 Å². The molecule has 0 radical (unpaired) electrons. The molecule has 0 atom stereocenters. The summed E-state index contributed by atoms with van der Waals surface area (Å²) >= 11 is 1.78. The van der Waals surface area contributed by atoms with Crippen LogP contribution in [0.4, 0.5) is 0 Å². The molecule has 0 unspecified atom stereocenters. The molecule has 0 saturated heterocycles. The number of benzene rings is 1. The van der Waals surface area contributed by atoms with Crippen LogP contribution in [-0.4, -0.2) is 44.2 Å². The van der Waals surface area contributed by atoms with Crippen molar-refractivity contribution in [1.29, 1.82) is 0 Å². The second-order valence-corrected chi connectivity index (χ2v) is 8.70. The highest BCUT2D eigenvalue weighted by Gasteiger charge is 2.35. The molecular weight excluding hydrogens is 394 g/mol. The van der Waals surface area contributed by atoms with Gasteiger partial charge in [0.1, 0.15) is 0 Å². The van der Waals surface area contributed by atoms with Gasteiger partial charge in [0, 0.05) is 39.6 Å². The fourth-order valence-electron chi connectivity index (χ4n) is 4.03. The molecule has 7 heteroatoms. The summed E-state index contributed by atoms with van der Waals surface area (Å²) in [7, 11) is 1.69. The minimum absolute atomic E-state index is 0. The van der Waals surface area contributed by atoms with Crippen LogP contribution in [0.25, 0.3) is 10.2 Å². The van der Waals surface area contributed by atoms with Crippen molar-refractivity contribution in [2.75, 3.05) is 33.4 Å². The van der Waals surface area contributed by atoms with Crippen LogP contribution in [0.15, 0.2) is 24.3 Å². The summed E-state index contributed by atoms with van der Waals surface area (Å²) in [5.41, 5.74) is 1.15. The number of ether oxygens (including phenoxy) is 1. The molecule has 1 aliphatic carbocycles. The van der Waals surface area contributed by atoms with Crippen LogP contribution in [0.5, 0.6) is 0 Å². The molecule has 1 aromatic carbocycles. The Balaban J connectivity index is 0.00000280. The van der Waals surface area contributed by atoms with E-state index in [1.807, 2.05) is 6.07 Å². The lowest BCUT2D eigenvalue weighted by Crippen LogP contribution is -2.38. The Morgan fingerprint density at radius 1 is 1.18 bits per heavy atom. The average molecular weight is 426 g/mol. The first-order valence-electron chi connectivity index (χ1n) is 10.0. The number of methoxy groups -OCH3 is 1. The van der Waals surface area contributed by atoms with E-state index < -0.39 is 0 Å². The smallest absolute Gasteiger partial charge is 0.220 e. The topological polar surface area (TPSA) is 63.2 Å². The molecule has 5 nitrogen and oxygen atoms in total. The van der Waals surface area contributed by atoms with E-state index in [1.165, 1.54) is 29.0 Å². The van der Waals surface area contributed by atoms with Gasteiger partial charge >= 0.3 is 0 Å². The lowest BCUT2D eigenvalue weighted by atomic mass is 9.69. The van der Waals surface area contributed by atoms with Crippen molar-refractivity contribution in [3.05, 3.63) is 29.3 Å². The van der Waals surface area contributed by atoms with Crippen molar-refractivity contribution in [2.45, 2.75) is 44.9 Å². The van der Waals surface area contributed by atoms with Gasteiger partial charge < -0.3 is 15.4 Å². The Bertz CT molecular complexity index is 698. The third-order valence-corrected chi connectivity index (χ3v) is 6.46. The van der Waals surface area contributed by atoms with Gasteiger partial charge in [0.15, 0.2) is 0 Å². The number of nitrogens with one attached hydrogen (secondary N) is 2. The number of para-hydroxylation sites is 1. The molecule has 28 heavy (non-hydrogen) atoms. The molecule has 0 spiro atoms. The fourth-order valence-corrected chi connectivity index (χ4v) is 5.17. The first kappa shape index (κ1) is 23.1. The molecule has 1 heterocycles. The molecule has 3 rings (SSSR count). The van der Waals surface area contributed by atoms with Crippen molar-refractivity contribution in [2.24, 2.45) is 5.41 Å². The molecule has 1 saturated carbocycles. The summed E-state index contributed by atoms with van der Waals surface area (Å²) in [6.07, 6.45) is 7.51. The number of carbonyl (C=O) groups is 1. The van der Waals surface area contributed by atoms with E-state index in [9.17, 15) is 4.79 Å². The zero-order valence-corrected chi connectivity index (χ0v) is 18.3. The van der Waals surface area contributed by atoms with Gasteiger partial charge in [0.2, 0.25) is 5.91 Å². The monoisotopic (exact) mass is 425 g/mol. The highest BCUT2D eigenvalue weighted by atomic mass is 35.5. The Hall–Kier alpha value is -1.21. The van der Waals surface area contributed by atoms with Crippen LogP contribution < -0.4 is 10.6 Å². The summed E-state index contributed by atoms with van der Waals surface area (Å²) in [4.78, 5) is 17.4. The van der Waals surface area contributed by atoms with Crippen molar-refractivity contribution < 1.29 is 9.53 Å². The summed E-state index contributed by atoms with van der Waals surface area (Å²) in [5.74, 6) is 0.173. The number of aromatic nitrogens is 1. The number of hydrogen-bond donors (Lipinski definition) is 2. The van der Waals surface area contributed by atoms with E-state index >= 15 is 0 Å². The van der Waals surface area contributed by atoms with Gasteiger partial charge in [-0.15, -0.1) is 23.7 Å². The molecule has 0 aliphatic heterocycles. The summed E-state index contributed by atoms with van der Waals surface area (Å²) in [6.45, 7) is 2.95. The lowest BCUT2D eigenvalue weighted by Gasteiger charge is -2.36. The van der Waals surface area contributed by atoms with Crippen LogP contribution in [0.1, 0.15) is 43.5 Å². The zero-order valence-electron chi connectivity index (χ0n) is 16.7. The van der Waals surface area contributed by atoms with Crippen molar-refractivity contribution in [1.82, 2.24) is 15.6 Å². The standard InChI is InChI=1S/C21H31N3O2S.ClH/c1-26-14-13-22-11-12-23-19(25)15-21(9-5-2-6-10-21)16-20-24-17-7-3-4-8-18(17)27-20;/h3-4,7-8,22H,2,5-6,9-16H2,1H3,(H,23,25);1H. The van der Waals surface area contributed by atoms with Gasteiger partial charge in [-0.2, -0.15) is 0 Å². The van der Waals surface area contributed by atoms with E-state index in [1.54, 1.807) is 18.4 Å². The summed E-state index contributed by atoms with van der Waals surface area (Å²) in [6, 6.07) is 8.31. The second-order valence-electron chi connectivity index (χ2n) is 7.58. The third-order valence-electron chi connectivity index (χ3n) is 5.42. The van der Waals surface area contributed by atoms with Crippen LogP contribution >= 0.6 is 23.7 Å². The Kier molecular flexibility index (Phi) is 9.65. The lowest BCUT2D eigenvalue weighted by molar-refractivity contribution is -0.124.